The van der Waals surface area contributed by atoms with Crippen LogP contribution < -0.4 is 20.5 Å². The van der Waals surface area contributed by atoms with E-state index in [0.29, 0.717) is 18.2 Å². The second-order valence-electron chi connectivity index (χ2n) is 5.89. The Morgan fingerprint density at radius 2 is 2.20 bits per heavy atom. The van der Waals surface area contributed by atoms with Crippen molar-refractivity contribution in [3.8, 4) is 5.88 Å². The molecule has 1 unspecified atom stereocenters. The fourth-order valence-electron chi connectivity index (χ4n) is 2.80. The van der Waals surface area contributed by atoms with Crippen molar-refractivity contribution in [2.45, 2.75) is 18.9 Å². The first-order chi connectivity index (χ1) is 12.1. The van der Waals surface area contributed by atoms with Crippen LogP contribution in [0.2, 0.25) is 0 Å². The molecule has 0 aromatic carbocycles. The molecule has 1 atom stereocenters. The van der Waals surface area contributed by atoms with Crippen LogP contribution in [-0.4, -0.2) is 51.9 Å². The predicted molar refractivity (Wildman–Crippen MR) is 90.8 cm³/mol. The molecule has 3 rings (SSSR count). The molecule has 0 radical (unpaired) electrons. The molecule has 1 aliphatic heterocycles. The monoisotopic (exact) mass is 344 g/mol. The Hall–Kier alpha value is -2.97. The van der Waals surface area contributed by atoms with Gasteiger partial charge >= 0.3 is 0 Å². The van der Waals surface area contributed by atoms with Gasteiger partial charge < -0.3 is 19.5 Å². The van der Waals surface area contributed by atoms with E-state index in [2.05, 4.69) is 20.5 Å². The summed E-state index contributed by atoms with van der Waals surface area (Å²) in [6.45, 7) is 1.27. The van der Waals surface area contributed by atoms with Crippen molar-refractivity contribution >= 4 is 11.7 Å². The molecule has 0 aliphatic carbocycles. The number of methoxy groups -OCH3 is 1. The molecule has 2 aromatic heterocycles. The Labute approximate surface area is 144 Å². The Balaban J connectivity index is 1.68. The second-order valence-corrected chi connectivity index (χ2v) is 5.89. The predicted octanol–water partition coefficient (Wildman–Crippen LogP) is -0.0223. The summed E-state index contributed by atoms with van der Waals surface area (Å²) in [7, 11) is 3.18. The average Bonchev–Trinajstić information content (AvgIpc) is 2.64. The van der Waals surface area contributed by atoms with E-state index in [1.807, 2.05) is 4.90 Å². The minimum Gasteiger partial charge on any atom is -0.480 e. The van der Waals surface area contributed by atoms with Gasteiger partial charge in [-0.25, -0.2) is 4.98 Å². The third-order valence-electron chi connectivity index (χ3n) is 4.14. The highest BCUT2D eigenvalue weighted by Crippen LogP contribution is 2.15. The smallest absolute Gasteiger partial charge is 0.293 e. The largest absolute Gasteiger partial charge is 0.480 e. The highest BCUT2D eigenvalue weighted by molar-refractivity contribution is 5.92. The molecule has 1 saturated heterocycles. The number of ether oxygens (including phenoxy) is 1. The summed E-state index contributed by atoms with van der Waals surface area (Å²) < 4.78 is 6.43. The zero-order valence-electron chi connectivity index (χ0n) is 14.2. The molecule has 132 valence electrons. The van der Waals surface area contributed by atoms with Gasteiger partial charge in [-0.05, 0) is 18.9 Å². The molecule has 9 nitrogen and oxygen atoms in total. The van der Waals surface area contributed by atoms with Crippen molar-refractivity contribution in [1.82, 2.24) is 25.1 Å². The van der Waals surface area contributed by atoms with E-state index in [1.165, 1.54) is 11.7 Å². The Morgan fingerprint density at radius 3 is 2.92 bits per heavy atom. The highest BCUT2D eigenvalue weighted by Gasteiger charge is 2.25. The first kappa shape index (κ1) is 16.9. The number of nitrogens with one attached hydrogen (secondary N) is 1. The maximum atomic E-state index is 12.3. The Bertz CT molecular complexity index is 804. The SMILES string of the molecule is COc1ccc(C(=O)NC2CCCN(c3nccn(C)c3=O)C2)nn1. The van der Waals surface area contributed by atoms with E-state index in [4.69, 9.17) is 4.74 Å². The topological polar surface area (TPSA) is 102 Å². The van der Waals surface area contributed by atoms with Gasteiger partial charge in [-0.15, -0.1) is 10.2 Å². The summed E-state index contributed by atoms with van der Waals surface area (Å²) in [4.78, 5) is 30.7. The minimum atomic E-state index is -0.295. The van der Waals surface area contributed by atoms with Gasteiger partial charge in [-0.3, -0.25) is 9.59 Å². The van der Waals surface area contributed by atoms with E-state index >= 15 is 0 Å². The van der Waals surface area contributed by atoms with Gasteiger partial charge in [0.05, 0.1) is 7.11 Å². The summed E-state index contributed by atoms with van der Waals surface area (Å²) in [5.74, 6) is 0.468. The van der Waals surface area contributed by atoms with E-state index in [-0.39, 0.29) is 23.2 Å². The molecule has 0 bridgehead atoms. The summed E-state index contributed by atoms with van der Waals surface area (Å²) in [5.41, 5.74) is 0.0853. The van der Waals surface area contributed by atoms with Crippen LogP contribution in [0, 0.1) is 0 Å². The van der Waals surface area contributed by atoms with Crippen LogP contribution in [0.1, 0.15) is 23.3 Å². The maximum Gasteiger partial charge on any atom is 0.293 e. The van der Waals surface area contributed by atoms with Crippen LogP contribution >= 0.6 is 0 Å². The number of amides is 1. The molecule has 1 aliphatic rings. The van der Waals surface area contributed by atoms with Crippen LogP contribution in [0.5, 0.6) is 5.88 Å². The van der Waals surface area contributed by atoms with Crippen molar-refractivity contribution in [3.63, 3.8) is 0 Å². The summed E-state index contributed by atoms with van der Waals surface area (Å²) in [6.07, 6.45) is 4.92. The molecule has 25 heavy (non-hydrogen) atoms. The maximum absolute atomic E-state index is 12.3. The molecule has 0 saturated carbocycles. The van der Waals surface area contributed by atoms with Crippen LogP contribution in [0.15, 0.2) is 29.3 Å². The van der Waals surface area contributed by atoms with Crippen molar-refractivity contribution in [3.05, 3.63) is 40.6 Å². The molecule has 3 heterocycles. The van der Waals surface area contributed by atoms with Crippen molar-refractivity contribution < 1.29 is 9.53 Å². The summed E-state index contributed by atoms with van der Waals surface area (Å²) in [5, 5.41) is 10.6. The number of aryl methyl sites for hydroxylation is 1. The lowest BCUT2D eigenvalue weighted by atomic mass is 10.1. The number of hydrogen-bond donors (Lipinski definition) is 1. The van der Waals surface area contributed by atoms with Gasteiger partial charge in [0.25, 0.3) is 11.5 Å². The number of carbonyl (C=O) groups excluding carboxylic acids is 1. The van der Waals surface area contributed by atoms with Gasteiger partial charge in [-0.2, -0.15) is 0 Å². The van der Waals surface area contributed by atoms with Crippen molar-refractivity contribution in [2.75, 3.05) is 25.1 Å². The van der Waals surface area contributed by atoms with E-state index in [0.717, 1.165) is 19.4 Å². The van der Waals surface area contributed by atoms with Crippen molar-refractivity contribution in [1.29, 1.82) is 0 Å². The van der Waals surface area contributed by atoms with Crippen LogP contribution in [0.4, 0.5) is 5.82 Å². The number of anilines is 1. The van der Waals surface area contributed by atoms with Crippen molar-refractivity contribution in [2.24, 2.45) is 7.05 Å². The normalized spacial score (nSPS) is 17.2. The third kappa shape index (κ3) is 3.76. The lowest BCUT2D eigenvalue weighted by molar-refractivity contribution is 0.0926. The summed E-state index contributed by atoms with van der Waals surface area (Å²) in [6, 6.07) is 3.07. The van der Waals surface area contributed by atoms with Gasteiger partial charge in [0.2, 0.25) is 5.88 Å². The zero-order valence-corrected chi connectivity index (χ0v) is 14.2. The number of hydrogen-bond acceptors (Lipinski definition) is 7. The van der Waals surface area contributed by atoms with Gasteiger partial charge in [0.15, 0.2) is 11.5 Å². The van der Waals surface area contributed by atoms with Gasteiger partial charge in [-0.1, -0.05) is 0 Å². The molecule has 1 fully saturated rings. The molecule has 9 heteroatoms. The first-order valence-corrected chi connectivity index (χ1v) is 8.03. The van der Waals surface area contributed by atoms with Crippen LogP contribution in [-0.2, 0) is 7.05 Å². The standard InChI is InChI=1S/C16H20N6O3/c1-21-9-7-17-14(16(21)24)22-8-3-4-11(10-22)18-15(23)12-5-6-13(25-2)20-19-12/h5-7,9,11H,3-4,8,10H2,1-2H3,(H,18,23). The summed E-state index contributed by atoms with van der Waals surface area (Å²) >= 11 is 0. The molecule has 2 aromatic rings. The number of piperidine rings is 1. The molecule has 1 amide bonds. The Morgan fingerprint density at radius 1 is 1.36 bits per heavy atom. The first-order valence-electron chi connectivity index (χ1n) is 8.03. The number of carbonyl (C=O) groups is 1. The number of aromatic nitrogens is 4. The number of rotatable bonds is 4. The average molecular weight is 344 g/mol. The Kier molecular flexibility index (Phi) is 4.92. The molecular weight excluding hydrogens is 324 g/mol. The highest BCUT2D eigenvalue weighted by atomic mass is 16.5. The quantitative estimate of drug-likeness (QED) is 0.831. The molecule has 1 N–H and O–H groups in total. The molecule has 0 spiro atoms. The molecular formula is C16H20N6O3. The van der Waals surface area contributed by atoms with Crippen LogP contribution in [0.3, 0.4) is 0 Å². The fraction of sp³-hybridized carbons (Fsp3) is 0.438. The van der Waals surface area contributed by atoms with E-state index in [1.54, 1.807) is 31.6 Å². The van der Waals surface area contributed by atoms with Gasteiger partial charge in [0, 0.05) is 44.6 Å². The second kappa shape index (κ2) is 7.29. The minimum absolute atomic E-state index is 0.0862. The van der Waals surface area contributed by atoms with Crippen LogP contribution in [0.25, 0.3) is 0 Å². The lowest BCUT2D eigenvalue weighted by Gasteiger charge is -2.33. The zero-order chi connectivity index (χ0) is 17.8. The lowest BCUT2D eigenvalue weighted by Crippen LogP contribution is -2.49. The van der Waals surface area contributed by atoms with E-state index < -0.39 is 0 Å². The third-order valence-corrected chi connectivity index (χ3v) is 4.14. The fourth-order valence-corrected chi connectivity index (χ4v) is 2.80. The van der Waals surface area contributed by atoms with Gasteiger partial charge in [0.1, 0.15) is 0 Å². The van der Waals surface area contributed by atoms with E-state index in [9.17, 15) is 9.59 Å². The number of nitrogens with zero attached hydrogens (tertiary/aromatic N) is 5.